The van der Waals surface area contributed by atoms with Crippen molar-refractivity contribution < 1.29 is 14.7 Å². The molecule has 0 radical (unpaired) electrons. The third-order valence-corrected chi connectivity index (χ3v) is 3.77. The van der Waals surface area contributed by atoms with Gasteiger partial charge in [-0.15, -0.1) is 0 Å². The van der Waals surface area contributed by atoms with E-state index < -0.39 is 11.9 Å². The molecule has 0 fully saturated rings. The number of carboxylic acid groups (broad SMARTS) is 1. The van der Waals surface area contributed by atoms with Gasteiger partial charge >= 0.3 is 5.97 Å². The van der Waals surface area contributed by atoms with Crippen LogP contribution in [0.25, 0.3) is 5.69 Å². The van der Waals surface area contributed by atoms with E-state index in [-0.39, 0.29) is 11.3 Å². The number of rotatable bonds is 4. The maximum Gasteiger partial charge on any atom is 0.339 e. The van der Waals surface area contributed by atoms with Crippen molar-refractivity contribution in [2.45, 2.75) is 13.8 Å². The summed E-state index contributed by atoms with van der Waals surface area (Å²) in [7, 11) is 1.52. The number of carbonyl (C=O) groups excluding carboxylic acids is 1. The van der Waals surface area contributed by atoms with E-state index in [0.29, 0.717) is 11.4 Å². The number of nitrogens with one attached hydrogen (secondary N) is 1. The Kier molecular flexibility index (Phi) is 4.10. The molecule has 0 atom stereocenters. The number of para-hydroxylation sites is 2. The molecule has 0 unspecified atom stereocenters. The van der Waals surface area contributed by atoms with Gasteiger partial charge in [0.1, 0.15) is 11.3 Å². The van der Waals surface area contributed by atoms with Gasteiger partial charge in [-0.3, -0.25) is 9.48 Å². The van der Waals surface area contributed by atoms with Gasteiger partial charge in [0, 0.05) is 12.7 Å². The first-order chi connectivity index (χ1) is 11.9. The normalized spacial score (nSPS) is 10.7. The second kappa shape index (κ2) is 6.23. The zero-order chi connectivity index (χ0) is 18.1. The van der Waals surface area contributed by atoms with E-state index in [1.165, 1.54) is 11.7 Å². The number of carboxylic acids is 1. The quantitative estimate of drug-likeness (QED) is 0.758. The molecule has 1 amide bonds. The van der Waals surface area contributed by atoms with Crippen molar-refractivity contribution in [2.24, 2.45) is 7.05 Å². The fraction of sp³-hybridized carbons (Fsp3) is 0.176. The first-order valence-electron chi connectivity index (χ1n) is 7.58. The van der Waals surface area contributed by atoms with Crippen LogP contribution in [0.1, 0.15) is 32.2 Å². The first kappa shape index (κ1) is 16.4. The van der Waals surface area contributed by atoms with Crippen molar-refractivity contribution in [3.05, 3.63) is 59.2 Å². The van der Waals surface area contributed by atoms with Crippen LogP contribution >= 0.6 is 0 Å². The number of nitrogens with zero attached hydrogens (tertiary/aromatic N) is 4. The van der Waals surface area contributed by atoms with Gasteiger partial charge in [0.15, 0.2) is 0 Å². The molecule has 2 N–H and O–H groups in total. The monoisotopic (exact) mass is 339 g/mol. The van der Waals surface area contributed by atoms with Gasteiger partial charge in [-0.25, -0.2) is 9.48 Å². The minimum Gasteiger partial charge on any atom is -0.478 e. The molecule has 0 spiro atoms. The van der Waals surface area contributed by atoms with E-state index in [4.69, 9.17) is 0 Å². The predicted octanol–water partition coefficient (Wildman–Crippen LogP) is 2.17. The molecule has 0 aliphatic rings. The Morgan fingerprint density at radius 1 is 1.20 bits per heavy atom. The van der Waals surface area contributed by atoms with E-state index in [0.717, 1.165) is 17.6 Å². The lowest BCUT2D eigenvalue weighted by atomic mass is 10.2. The van der Waals surface area contributed by atoms with E-state index >= 15 is 0 Å². The number of aromatic nitrogens is 4. The Labute approximate surface area is 143 Å². The summed E-state index contributed by atoms with van der Waals surface area (Å²) in [6.45, 7) is 3.81. The molecule has 0 saturated heterocycles. The largest absolute Gasteiger partial charge is 0.478 e. The summed E-state index contributed by atoms with van der Waals surface area (Å²) in [5.41, 5.74) is 2.83. The Bertz CT molecular complexity index is 971. The summed E-state index contributed by atoms with van der Waals surface area (Å²) in [6.07, 6.45) is 1.16. The Balaban J connectivity index is 2.00. The molecule has 3 aromatic rings. The SMILES string of the molecule is Cc1cc(C)n(-c2ccccc2NC(=O)c2c(C(=O)O)cnn2C)n1. The van der Waals surface area contributed by atoms with Crippen LogP contribution in [-0.2, 0) is 7.05 Å². The summed E-state index contributed by atoms with van der Waals surface area (Å²) in [5.74, 6) is -1.75. The van der Waals surface area contributed by atoms with Crippen molar-refractivity contribution in [1.82, 2.24) is 19.6 Å². The topological polar surface area (TPSA) is 102 Å². The van der Waals surface area contributed by atoms with Crippen molar-refractivity contribution in [2.75, 3.05) is 5.32 Å². The number of hydrogen-bond donors (Lipinski definition) is 2. The Morgan fingerprint density at radius 2 is 1.92 bits per heavy atom. The van der Waals surface area contributed by atoms with Gasteiger partial charge in [0.2, 0.25) is 0 Å². The van der Waals surface area contributed by atoms with E-state index in [1.54, 1.807) is 16.8 Å². The Hall–Kier alpha value is -3.42. The molecule has 8 heteroatoms. The molecule has 0 aliphatic carbocycles. The van der Waals surface area contributed by atoms with Gasteiger partial charge < -0.3 is 10.4 Å². The highest BCUT2D eigenvalue weighted by Gasteiger charge is 2.22. The zero-order valence-electron chi connectivity index (χ0n) is 14.0. The molecule has 2 aromatic heterocycles. The average Bonchev–Trinajstić information content (AvgIpc) is 3.10. The molecule has 2 heterocycles. The van der Waals surface area contributed by atoms with Gasteiger partial charge in [-0.2, -0.15) is 10.2 Å². The number of carbonyl (C=O) groups is 2. The fourth-order valence-corrected chi connectivity index (χ4v) is 2.68. The summed E-state index contributed by atoms with van der Waals surface area (Å²) in [5, 5.41) is 20.3. The lowest BCUT2D eigenvalue weighted by Gasteiger charge is -2.13. The van der Waals surface area contributed by atoms with Crippen LogP contribution in [0.4, 0.5) is 5.69 Å². The fourth-order valence-electron chi connectivity index (χ4n) is 2.68. The van der Waals surface area contributed by atoms with Crippen molar-refractivity contribution in [3.8, 4) is 5.69 Å². The second-order valence-electron chi connectivity index (χ2n) is 5.65. The average molecular weight is 339 g/mol. The van der Waals surface area contributed by atoms with Crippen LogP contribution < -0.4 is 5.32 Å². The van der Waals surface area contributed by atoms with E-state index in [1.807, 2.05) is 32.0 Å². The molecule has 0 bridgehead atoms. The zero-order valence-corrected chi connectivity index (χ0v) is 14.0. The van der Waals surface area contributed by atoms with Gasteiger partial charge in [0.05, 0.1) is 23.3 Å². The van der Waals surface area contributed by atoms with Gasteiger partial charge in [-0.05, 0) is 32.0 Å². The van der Waals surface area contributed by atoms with E-state index in [2.05, 4.69) is 15.5 Å². The number of amides is 1. The highest BCUT2D eigenvalue weighted by Crippen LogP contribution is 2.22. The summed E-state index contributed by atoms with van der Waals surface area (Å²) in [4.78, 5) is 23.9. The molecular formula is C17H17N5O3. The van der Waals surface area contributed by atoms with Crippen LogP contribution in [0.15, 0.2) is 36.5 Å². The smallest absolute Gasteiger partial charge is 0.339 e. The lowest BCUT2D eigenvalue weighted by Crippen LogP contribution is -2.20. The van der Waals surface area contributed by atoms with E-state index in [9.17, 15) is 14.7 Å². The molecular weight excluding hydrogens is 322 g/mol. The molecule has 0 aliphatic heterocycles. The molecule has 8 nitrogen and oxygen atoms in total. The Morgan fingerprint density at radius 3 is 2.56 bits per heavy atom. The highest BCUT2D eigenvalue weighted by atomic mass is 16.4. The van der Waals surface area contributed by atoms with Gasteiger partial charge in [-0.1, -0.05) is 12.1 Å². The third kappa shape index (κ3) is 3.01. The van der Waals surface area contributed by atoms with Crippen molar-refractivity contribution >= 4 is 17.6 Å². The minimum absolute atomic E-state index is 0.0179. The second-order valence-corrected chi connectivity index (χ2v) is 5.65. The number of aryl methyl sites for hydroxylation is 3. The molecule has 0 saturated carbocycles. The number of aromatic carboxylic acids is 1. The maximum absolute atomic E-state index is 12.6. The first-order valence-corrected chi connectivity index (χ1v) is 7.58. The summed E-state index contributed by atoms with van der Waals surface area (Å²) in [6, 6.07) is 9.12. The number of benzene rings is 1. The van der Waals surface area contributed by atoms with Crippen molar-refractivity contribution in [3.63, 3.8) is 0 Å². The molecule has 25 heavy (non-hydrogen) atoms. The van der Waals surface area contributed by atoms with Crippen LogP contribution in [0.5, 0.6) is 0 Å². The molecule has 3 rings (SSSR count). The third-order valence-electron chi connectivity index (χ3n) is 3.77. The van der Waals surface area contributed by atoms with Crippen LogP contribution in [0.3, 0.4) is 0 Å². The van der Waals surface area contributed by atoms with Crippen LogP contribution in [0.2, 0.25) is 0 Å². The highest BCUT2D eigenvalue weighted by molar-refractivity contribution is 6.10. The maximum atomic E-state index is 12.6. The standard InChI is InChI=1S/C17H17N5O3/c1-10-8-11(2)22(20-10)14-7-5-4-6-13(14)19-16(23)15-12(17(24)25)9-18-21(15)3/h4-9H,1-3H3,(H,19,23)(H,24,25). The molecule has 128 valence electrons. The van der Waals surface area contributed by atoms with Crippen LogP contribution in [-0.4, -0.2) is 36.5 Å². The summed E-state index contributed by atoms with van der Waals surface area (Å²) < 4.78 is 2.97. The predicted molar refractivity (Wildman–Crippen MR) is 91.2 cm³/mol. The van der Waals surface area contributed by atoms with Gasteiger partial charge in [0.25, 0.3) is 5.91 Å². The number of hydrogen-bond acceptors (Lipinski definition) is 4. The number of anilines is 1. The lowest BCUT2D eigenvalue weighted by molar-refractivity contribution is 0.0692. The minimum atomic E-state index is -1.20. The molecule has 1 aromatic carbocycles. The van der Waals surface area contributed by atoms with Crippen molar-refractivity contribution in [1.29, 1.82) is 0 Å². The summed E-state index contributed by atoms with van der Waals surface area (Å²) >= 11 is 0. The van der Waals surface area contributed by atoms with Crippen LogP contribution in [0, 0.1) is 13.8 Å².